The molecule has 2 nitrogen and oxygen atoms in total. The zero-order valence-electron chi connectivity index (χ0n) is 12.2. The number of hydrogen-bond acceptors (Lipinski definition) is 2. The minimum atomic E-state index is 0.497. The first kappa shape index (κ1) is 15.0. The molecule has 0 aliphatic carbocycles. The van der Waals surface area contributed by atoms with E-state index in [4.69, 9.17) is 4.74 Å². The van der Waals surface area contributed by atoms with Gasteiger partial charge in [-0.1, -0.05) is 27.7 Å². The molecule has 3 atom stereocenters. The van der Waals surface area contributed by atoms with Crippen LogP contribution in [0.5, 0.6) is 0 Å². The molecule has 1 heterocycles. The van der Waals surface area contributed by atoms with Gasteiger partial charge in [0.05, 0.1) is 6.10 Å². The summed E-state index contributed by atoms with van der Waals surface area (Å²) >= 11 is 0. The fourth-order valence-electron chi connectivity index (χ4n) is 2.86. The van der Waals surface area contributed by atoms with E-state index in [0.717, 1.165) is 31.4 Å². The lowest BCUT2D eigenvalue weighted by molar-refractivity contribution is 0.0757. The van der Waals surface area contributed by atoms with Crippen LogP contribution in [0.1, 0.15) is 59.8 Å². The van der Waals surface area contributed by atoms with E-state index in [1.54, 1.807) is 0 Å². The molecule has 1 aliphatic heterocycles. The molecular weight excluding hydrogens is 210 g/mol. The van der Waals surface area contributed by atoms with Crippen LogP contribution in [-0.4, -0.2) is 25.3 Å². The summed E-state index contributed by atoms with van der Waals surface area (Å²) in [6.07, 6.45) is 6.77. The van der Waals surface area contributed by atoms with Crippen molar-refractivity contribution in [3.05, 3.63) is 0 Å². The predicted octanol–water partition coefficient (Wildman–Crippen LogP) is 3.61. The van der Waals surface area contributed by atoms with Crippen LogP contribution in [0.2, 0.25) is 0 Å². The van der Waals surface area contributed by atoms with Crippen molar-refractivity contribution in [3.63, 3.8) is 0 Å². The second-order valence-electron chi connectivity index (χ2n) is 5.80. The molecule has 0 aromatic rings. The Kier molecular flexibility index (Phi) is 7.14. The summed E-state index contributed by atoms with van der Waals surface area (Å²) in [5.41, 5.74) is 0. The molecule has 0 bridgehead atoms. The molecule has 0 aromatic carbocycles. The minimum absolute atomic E-state index is 0.497. The Hall–Kier alpha value is -0.0800. The highest BCUT2D eigenvalue weighted by atomic mass is 16.5. The third-order valence-electron chi connectivity index (χ3n) is 3.89. The van der Waals surface area contributed by atoms with Gasteiger partial charge < -0.3 is 10.1 Å². The van der Waals surface area contributed by atoms with Crippen molar-refractivity contribution in [2.45, 2.75) is 71.9 Å². The molecule has 1 saturated heterocycles. The topological polar surface area (TPSA) is 21.3 Å². The van der Waals surface area contributed by atoms with Crippen LogP contribution in [-0.2, 0) is 4.74 Å². The SMILES string of the molecule is CCCNC(CCC(C)C)C1CCOC1CC. The zero-order valence-corrected chi connectivity index (χ0v) is 12.2. The van der Waals surface area contributed by atoms with Crippen LogP contribution in [0.25, 0.3) is 0 Å². The van der Waals surface area contributed by atoms with Gasteiger partial charge in [0, 0.05) is 18.6 Å². The third kappa shape index (κ3) is 4.97. The van der Waals surface area contributed by atoms with Crippen LogP contribution in [0.4, 0.5) is 0 Å². The van der Waals surface area contributed by atoms with Crippen molar-refractivity contribution >= 4 is 0 Å². The van der Waals surface area contributed by atoms with E-state index in [0.29, 0.717) is 12.1 Å². The molecule has 1 rings (SSSR count). The fourth-order valence-corrected chi connectivity index (χ4v) is 2.86. The molecule has 102 valence electrons. The summed E-state index contributed by atoms with van der Waals surface area (Å²) in [5, 5.41) is 3.75. The number of nitrogens with one attached hydrogen (secondary N) is 1. The van der Waals surface area contributed by atoms with Crippen molar-refractivity contribution in [2.24, 2.45) is 11.8 Å². The summed E-state index contributed by atoms with van der Waals surface area (Å²) in [6, 6.07) is 0.671. The third-order valence-corrected chi connectivity index (χ3v) is 3.89. The Bertz CT molecular complexity index is 193. The maximum absolute atomic E-state index is 5.84. The van der Waals surface area contributed by atoms with E-state index in [9.17, 15) is 0 Å². The molecule has 0 spiro atoms. The highest BCUT2D eigenvalue weighted by Crippen LogP contribution is 2.29. The van der Waals surface area contributed by atoms with Crippen molar-refractivity contribution in [2.75, 3.05) is 13.2 Å². The molecule has 0 amide bonds. The average Bonchev–Trinajstić information content (AvgIpc) is 2.77. The second kappa shape index (κ2) is 8.10. The Labute approximate surface area is 108 Å². The Morgan fingerprint density at radius 1 is 1.24 bits per heavy atom. The van der Waals surface area contributed by atoms with Gasteiger partial charge in [-0.05, 0) is 44.6 Å². The standard InChI is InChI=1S/C15H31NO/c1-5-10-16-14(8-7-12(3)4)13-9-11-17-15(13)6-2/h12-16H,5-11H2,1-4H3. The monoisotopic (exact) mass is 241 g/mol. The van der Waals surface area contributed by atoms with Crippen molar-refractivity contribution < 1.29 is 4.74 Å². The largest absolute Gasteiger partial charge is 0.378 e. The first-order chi connectivity index (χ1) is 8.19. The number of hydrogen-bond donors (Lipinski definition) is 1. The molecule has 1 aliphatic rings. The van der Waals surface area contributed by atoms with Crippen LogP contribution < -0.4 is 5.32 Å². The van der Waals surface area contributed by atoms with Crippen LogP contribution in [0, 0.1) is 11.8 Å². The number of ether oxygens (including phenoxy) is 1. The predicted molar refractivity (Wildman–Crippen MR) is 74.3 cm³/mol. The molecule has 0 aromatic heterocycles. The molecule has 17 heavy (non-hydrogen) atoms. The average molecular weight is 241 g/mol. The Balaban J connectivity index is 2.48. The van der Waals surface area contributed by atoms with E-state index in [2.05, 4.69) is 33.0 Å². The van der Waals surface area contributed by atoms with E-state index in [1.165, 1.54) is 25.7 Å². The highest BCUT2D eigenvalue weighted by molar-refractivity contribution is 4.86. The Morgan fingerprint density at radius 3 is 2.59 bits per heavy atom. The molecule has 2 heteroatoms. The van der Waals surface area contributed by atoms with Gasteiger partial charge >= 0.3 is 0 Å². The van der Waals surface area contributed by atoms with Crippen LogP contribution >= 0.6 is 0 Å². The lowest BCUT2D eigenvalue weighted by atomic mass is 9.87. The highest BCUT2D eigenvalue weighted by Gasteiger charge is 2.32. The van der Waals surface area contributed by atoms with E-state index < -0.39 is 0 Å². The van der Waals surface area contributed by atoms with Gasteiger partial charge in [-0.2, -0.15) is 0 Å². The smallest absolute Gasteiger partial charge is 0.0616 e. The summed E-state index contributed by atoms with van der Waals surface area (Å²) in [4.78, 5) is 0. The van der Waals surface area contributed by atoms with Crippen LogP contribution in [0.15, 0.2) is 0 Å². The molecule has 1 N–H and O–H groups in total. The zero-order chi connectivity index (χ0) is 12.7. The van der Waals surface area contributed by atoms with Crippen LogP contribution in [0.3, 0.4) is 0 Å². The van der Waals surface area contributed by atoms with Gasteiger partial charge in [0.2, 0.25) is 0 Å². The Morgan fingerprint density at radius 2 is 2.00 bits per heavy atom. The maximum Gasteiger partial charge on any atom is 0.0616 e. The summed E-state index contributed by atoms with van der Waals surface area (Å²) < 4.78 is 5.84. The van der Waals surface area contributed by atoms with Gasteiger partial charge in [-0.15, -0.1) is 0 Å². The van der Waals surface area contributed by atoms with Gasteiger partial charge in [-0.25, -0.2) is 0 Å². The molecule has 3 unspecified atom stereocenters. The van der Waals surface area contributed by atoms with Gasteiger partial charge in [0.1, 0.15) is 0 Å². The van der Waals surface area contributed by atoms with Crippen molar-refractivity contribution in [1.29, 1.82) is 0 Å². The second-order valence-corrected chi connectivity index (χ2v) is 5.80. The maximum atomic E-state index is 5.84. The normalized spacial score (nSPS) is 26.6. The summed E-state index contributed by atoms with van der Waals surface area (Å²) in [6.45, 7) is 11.3. The molecule has 0 saturated carbocycles. The lowest BCUT2D eigenvalue weighted by Crippen LogP contribution is -2.40. The summed E-state index contributed by atoms with van der Waals surface area (Å²) in [5.74, 6) is 1.55. The molecular formula is C15H31NO. The van der Waals surface area contributed by atoms with Crippen molar-refractivity contribution in [3.8, 4) is 0 Å². The van der Waals surface area contributed by atoms with E-state index in [-0.39, 0.29) is 0 Å². The van der Waals surface area contributed by atoms with Gasteiger partial charge in [0.25, 0.3) is 0 Å². The number of rotatable bonds is 8. The fraction of sp³-hybridized carbons (Fsp3) is 1.00. The van der Waals surface area contributed by atoms with E-state index in [1.807, 2.05) is 0 Å². The minimum Gasteiger partial charge on any atom is -0.378 e. The lowest BCUT2D eigenvalue weighted by Gasteiger charge is -2.28. The molecule has 1 fully saturated rings. The van der Waals surface area contributed by atoms with Gasteiger partial charge in [-0.3, -0.25) is 0 Å². The molecule has 0 radical (unpaired) electrons. The quantitative estimate of drug-likeness (QED) is 0.701. The van der Waals surface area contributed by atoms with Gasteiger partial charge in [0.15, 0.2) is 0 Å². The van der Waals surface area contributed by atoms with E-state index >= 15 is 0 Å². The van der Waals surface area contributed by atoms with Crippen molar-refractivity contribution in [1.82, 2.24) is 5.32 Å². The first-order valence-corrected chi connectivity index (χ1v) is 7.54. The summed E-state index contributed by atoms with van der Waals surface area (Å²) in [7, 11) is 0. The first-order valence-electron chi connectivity index (χ1n) is 7.54.